The fourth-order valence-electron chi connectivity index (χ4n) is 15.9. The zero-order valence-electron chi connectivity index (χ0n) is 92.8. The highest BCUT2D eigenvalue weighted by Crippen LogP contribution is 2.47. The van der Waals surface area contributed by atoms with Crippen molar-refractivity contribution in [2.45, 2.75) is 285 Å². The molecule has 4 aromatic heterocycles. The number of benzene rings is 4. The van der Waals surface area contributed by atoms with Gasteiger partial charge in [-0.05, 0) is 248 Å². The van der Waals surface area contributed by atoms with Gasteiger partial charge in [0.1, 0.15) is 11.1 Å². The molecule has 12 rings (SSSR count). The Balaban J connectivity index is 0.000000219. The molecule has 0 saturated carbocycles. The highest BCUT2D eigenvalue weighted by molar-refractivity contribution is 7.08. The number of amides is 4. The van der Waals surface area contributed by atoms with Crippen LogP contribution in [0.4, 0.5) is 22.7 Å². The number of nitro groups is 2. The van der Waals surface area contributed by atoms with E-state index < -0.39 is 54.9 Å². The van der Waals surface area contributed by atoms with Crippen LogP contribution in [0.2, 0.25) is 72.5 Å². The number of rotatable bonds is 42. The minimum absolute atomic E-state index is 0.0101. The first-order valence-electron chi connectivity index (χ1n) is 51.6. The van der Waals surface area contributed by atoms with Crippen molar-refractivity contribution < 1.29 is 84.6 Å². The van der Waals surface area contributed by atoms with E-state index in [1.54, 1.807) is 93.6 Å². The quantitative estimate of drug-likeness (QED) is 0.0118. The predicted molar refractivity (Wildman–Crippen MR) is 615 cm³/mol. The summed E-state index contributed by atoms with van der Waals surface area (Å²) in [6.07, 6.45) is 18.7. The molecular formula is C112H164N8O20S4Si4. The summed E-state index contributed by atoms with van der Waals surface area (Å²) in [5.41, 5.74) is 23.4. The normalized spacial score (nSPS) is 16.4. The van der Waals surface area contributed by atoms with Crippen molar-refractivity contribution in [3.8, 4) is 46.0 Å². The molecule has 4 aliphatic rings. The van der Waals surface area contributed by atoms with Crippen LogP contribution in [-0.4, -0.2) is 218 Å². The molecule has 28 nitrogen and oxygen atoms in total. The van der Waals surface area contributed by atoms with Crippen molar-refractivity contribution in [2.75, 3.05) is 119 Å². The Morgan fingerprint density at radius 1 is 0.372 bits per heavy atom. The lowest BCUT2D eigenvalue weighted by molar-refractivity contribution is -0.385. The van der Waals surface area contributed by atoms with E-state index in [4.69, 9.17) is 67.1 Å². The van der Waals surface area contributed by atoms with E-state index >= 15 is 0 Å². The number of unbranched alkanes of at least 4 members (excludes halogenated alkanes) is 4. The number of carbonyl (C=O) groups is 4. The van der Waals surface area contributed by atoms with Gasteiger partial charge in [0.15, 0.2) is 79.3 Å². The maximum Gasteiger partial charge on any atom is 0.286 e. The van der Waals surface area contributed by atoms with Gasteiger partial charge >= 0.3 is 0 Å². The van der Waals surface area contributed by atoms with Gasteiger partial charge in [-0.25, -0.2) is 0 Å². The van der Waals surface area contributed by atoms with E-state index in [1.807, 2.05) is 40.5 Å². The Hall–Kier alpha value is -9.97. The number of ether oxygens (including phenoxy) is 8. The standard InChI is InChI=1S/2C28H40N2O6SSi.2C28H42N2O4SSi/c2*1-8-9-13-35-26-17-24(30(32)33)23(16-25(26)34-5)27(31)29-12-10-20(21-11-14-37-19-21)15-22(29)18-36-38(6,7)28(2,3)4;2*1-8-9-13-33-26-17-24(29)23(16-25(26)32-5)27(31)30-12-10-20(21-11-14-35-19-21)15-22(30)18-34-36(6,7)28(2,3)4/h11,14-17,19,22H,8-10,12-13,18H2,1-7H3;10-11,14,16-17,19,22H,8-9,12-13,15,18H2,1-7H3;11,14-17,19,22H,8-10,12-13,18,29H2,1-7H3;10-11,14,16-17,19,22H,8-9,12-13,15,18,29H2,1-7H3/t4*22-/m0000/s1. The summed E-state index contributed by atoms with van der Waals surface area (Å²) in [5, 5.41) is 41.1. The van der Waals surface area contributed by atoms with Gasteiger partial charge in [-0.2, -0.15) is 45.3 Å². The van der Waals surface area contributed by atoms with Crippen LogP contribution in [0.15, 0.2) is 140 Å². The Morgan fingerprint density at radius 3 is 0.892 bits per heavy atom. The zero-order valence-corrected chi connectivity index (χ0v) is 100. The van der Waals surface area contributed by atoms with Gasteiger partial charge in [0, 0.05) is 61.8 Å². The summed E-state index contributed by atoms with van der Waals surface area (Å²) in [6.45, 7) is 58.0. The summed E-state index contributed by atoms with van der Waals surface area (Å²) in [7, 11) is -2.07. The van der Waals surface area contributed by atoms with Crippen molar-refractivity contribution in [3.05, 3.63) is 205 Å². The molecule has 36 heteroatoms. The Labute approximate surface area is 899 Å². The topological polar surface area (TPSA) is 330 Å². The van der Waals surface area contributed by atoms with Gasteiger partial charge in [-0.1, -0.05) is 161 Å². The van der Waals surface area contributed by atoms with Crippen LogP contribution in [-0.2, 0) is 17.7 Å². The molecule has 4 atom stereocenters. The maximum atomic E-state index is 13.9. The van der Waals surface area contributed by atoms with Crippen molar-refractivity contribution in [1.29, 1.82) is 0 Å². The molecular weight excluding hydrogens is 2020 g/mol. The van der Waals surface area contributed by atoms with E-state index in [-0.39, 0.29) is 90.1 Å². The number of anilines is 2. The highest BCUT2D eigenvalue weighted by atomic mass is 32.1. The molecule has 0 fully saturated rings. The maximum absolute atomic E-state index is 13.9. The summed E-state index contributed by atoms with van der Waals surface area (Å²) in [4.78, 5) is 85.8. The molecule has 4 aromatic carbocycles. The van der Waals surface area contributed by atoms with Gasteiger partial charge < -0.3 is 86.7 Å². The summed E-state index contributed by atoms with van der Waals surface area (Å²) in [6, 6.07) is 19.9. The van der Waals surface area contributed by atoms with Crippen LogP contribution < -0.4 is 49.4 Å². The van der Waals surface area contributed by atoms with Crippen LogP contribution >= 0.6 is 45.3 Å². The molecule has 4 amide bonds. The van der Waals surface area contributed by atoms with Gasteiger partial charge in [0.2, 0.25) is 0 Å². The van der Waals surface area contributed by atoms with E-state index in [0.29, 0.717) is 149 Å². The lowest BCUT2D eigenvalue weighted by Crippen LogP contribution is -2.49. The van der Waals surface area contributed by atoms with E-state index in [2.05, 4.69) is 224 Å². The zero-order chi connectivity index (χ0) is 109. The molecule has 8 heterocycles. The number of nitrogens with zero attached hydrogens (tertiary/aromatic N) is 6. The Kier molecular flexibility index (Phi) is 44.6. The first-order valence-corrected chi connectivity index (χ1v) is 67.0. The number of methoxy groups -OCH3 is 4. The molecule has 8 aromatic rings. The van der Waals surface area contributed by atoms with Crippen LogP contribution in [0.3, 0.4) is 0 Å². The molecule has 812 valence electrons. The fourth-order valence-corrected chi connectivity index (χ4v) is 22.7. The van der Waals surface area contributed by atoms with Crippen molar-refractivity contribution in [3.63, 3.8) is 0 Å². The van der Waals surface area contributed by atoms with Gasteiger partial charge in [0.25, 0.3) is 35.0 Å². The van der Waals surface area contributed by atoms with Crippen molar-refractivity contribution >= 4 is 147 Å². The number of nitrogens with two attached hydrogens (primary N) is 2. The predicted octanol–water partition coefficient (Wildman–Crippen LogP) is 28.0. The third-order valence-electron chi connectivity index (χ3n) is 29.6. The van der Waals surface area contributed by atoms with Crippen LogP contribution in [0.25, 0.3) is 22.3 Å². The highest BCUT2D eigenvalue weighted by Gasteiger charge is 2.46. The summed E-state index contributed by atoms with van der Waals surface area (Å²) in [5.74, 6) is 2.23. The number of hydrogen-bond acceptors (Lipinski definition) is 26. The molecule has 148 heavy (non-hydrogen) atoms. The monoisotopic (exact) mass is 2180 g/mol. The molecule has 0 unspecified atom stereocenters. The second-order valence-electron chi connectivity index (χ2n) is 44.0. The minimum Gasteiger partial charge on any atom is -0.493 e. The minimum atomic E-state index is -2.10. The third kappa shape index (κ3) is 32.1. The van der Waals surface area contributed by atoms with E-state index in [9.17, 15) is 39.4 Å². The van der Waals surface area contributed by atoms with Gasteiger partial charge in [0.05, 0.1) is 139 Å². The lowest BCUT2D eigenvalue weighted by Gasteiger charge is -2.41. The largest absolute Gasteiger partial charge is 0.493 e. The SMILES string of the molecule is CCCCOc1cc(N)c(C(=O)N2CC=C(c3ccsc3)C[C@H]2CO[Si](C)(C)C(C)(C)C)cc1OC.CCCCOc1cc(N)c(C(=O)N2CCC(c3ccsc3)=C[C@H]2CO[Si](C)(C)C(C)(C)C)cc1OC.CCCCOc1cc([N+](=O)[O-])c(C(=O)N2CC=C(c3ccsc3)C[C@H]2CO[Si](C)(C)C(C)(C)C)cc1OC.CCCCOc1cc([N+](=O)[O-])c(C(=O)N2CCC(c3ccsc3)=C[C@H]2CO[Si](C)(C)C(C)(C)C)cc1OC. The average molecular weight is 2180 g/mol. The van der Waals surface area contributed by atoms with Gasteiger partial charge in [-0.3, -0.25) is 39.4 Å². The second kappa shape index (κ2) is 54.3. The van der Waals surface area contributed by atoms with Crippen molar-refractivity contribution in [2.24, 2.45) is 0 Å². The van der Waals surface area contributed by atoms with Crippen molar-refractivity contribution in [1.82, 2.24) is 19.6 Å². The number of hydrogen-bond donors (Lipinski definition) is 2. The number of thiophene rings is 4. The number of nitrogen functional groups attached to an aromatic ring is 2. The molecule has 0 aliphatic carbocycles. The Bertz CT molecular complexity index is 5670. The third-order valence-corrected chi connectivity index (χ3v) is 50.3. The van der Waals surface area contributed by atoms with E-state index in [0.717, 1.165) is 86.5 Å². The molecule has 0 spiro atoms. The summed E-state index contributed by atoms with van der Waals surface area (Å²) >= 11 is 6.63. The first kappa shape index (κ1) is 122. The number of nitro benzene ring substituents is 2. The molecule has 0 saturated heterocycles. The smallest absolute Gasteiger partial charge is 0.286 e. The average Bonchev–Trinajstić information content (AvgIpc) is 1.16. The molecule has 0 radical (unpaired) electrons. The molecule has 0 bridgehead atoms. The Morgan fingerprint density at radius 2 is 0.628 bits per heavy atom. The number of carbonyl (C=O) groups excluding carboxylic acids is 4. The first-order chi connectivity index (χ1) is 69.7. The fraction of sp³-hybridized carbons (Fsp3) is 0.536. The lowest BCUT2D eigenvalue weighted by atomic mass is 9.95. The van der Waals surface area contributed by atoms with Crippen LogP contribution in [0, 0.1) is 20.2 Å². The van der Waals surface area contributed by atoms with Gasteiger partial charge in [-0.15, -0.1) is 0 Å². The molecule has 4 aliphatic heterocycles. The molecule has 4 N–H and O–H groups in total. The van der Waals surface area contributed by atoms with E-state index in [1.165, 1.54) is 60.8 Å². The van der Waals surface area contributed by atoms with Crippen LogP contribution in [0.1, 0.15) is 252 Å². The van der Waals surface area contributed by atoms with Crippen LogP contribution in [0.5, 0.6) is 46.0 Å². The summed E-state index contributed by atoms with van der Waals surface area (Å²) < 4.78 is 71.5. The second-order valence-corrected chi connectivity index (χ2v) is 66.3.